The van der Waals surface area contributed by atoms with Gasteiger partial charge in [-0.1, -0.05) is 36.8 Å². The van der Waals surface area contributed by atoms with Gasteiger partial charge in [-0.25, -0.2) is 0 Å². The van der Waals surface area contributed by atoms with Crippen LogP contribution in [0.2, 0.25) is 0 Å². The standard InChI is InChI=1S/C28H26O5/c1-4-19-12-22-26(14-25(19)32-15-21-11-17(2)5-6-18(21)3)33-16-23(28(22)29)20-7-8-24-27(13-20)31-10-9-30-24/h5-8,11-14,16H,4,9-10,15H2,1-3H3. The molecule has 0 saturated carbocycles. The third-order valence-corrected chi connectivity index (χ3v) is 6.08. The van der Waals surface area contributed by atoms with E-state index in [-0.39, 0.29) is 5.43 Å². The summed E-state index contributed by atoms with van der Waals surface area (Å²) in [7, 11) is 0. The van der Waals surface area contributed by atoms with Gasteiger partial charge < -0.3 is 18.6 Å². The van der Waals surface area contributed by atoms with Crippen LogP contribution in [0.15, 0.2) is 64.0 Å². The van der Waals surface area contributed by atoms with Gasteiger partial charge in [0.05, 0.1) is 10.9 Å². The maximum absolute atomic E-state index is 13.4. The predicted octanol–water partition coefficient (Wildman–Crippen LogP) is 5.99. The van der Waals surface area contributed by atoms with E-state index in [1.54, 1.807) is 0 Å². The molecule has 0 spiro atoms. The third kappa shape index (κ3) is 4.07. The topological polar surface area (TPSA) is 57.9 Å². The van der Waals surface area contributed by atoms with E-state index >= 15 is 0 Å². The number of aryl methyl sites for hydroxylation is 3. The Morgan fingerprint density at radius 2 is 1.73 bits per heavy atom. The zero-order chi connectivity index (χ0) is 22.9. The lowest BCUT2D eigenvalue weighted by Gasteiger charge is -2.18. The van der Waals surface area contributed by atoms with E-state index in [9.17, 15) is 4.79 Å². The van der Waals surface area contributed by atoms with Gasteiger partial charge >= 0.3 is 0 Å². The Bertz CT molecular complexity index is 1400. The lowest BCUT2D eigenvalue weighted by Crippen LogP contribution is -2.15. The molecule has 5 heteroatoms. The zero-order valence-corrected chi connectivity index (χ0v) is 19.1. The van der Waals surface area contributed by atoms with Crippen molar-refractivity contribution in [1.29, 1.82) is 0 Å². The first-order valence-electron chi connectivity index (χ1n) is 11.2. The van der Waals surface area contributed by atoms with Crippen molar-refractivity contribution >= 4 is 11.0 Å². The van der Waals surface area contributed by atoms with E-state index in [0.717, 1.165) is 28.9 Å². The number of ether oxygens (including phenoxy) is 3. The third-order valence-electron chi connectivity index (χ3n) is 6.08. The number of rotatable bonds is 5. The van der Waals surface area contributed by atoms with Gasteiger partial charge in [0.15, 0.2) is 11.5 Å². The van der Waals surface area contributed by atoms with Crippen LogP contribution in [0.1, 0.15) is 29.2 Å². The van der Waals surface area contributed by atoms with Crippen molar-refractivity contribution in [2.75, 3.05) is 13.2 Å². The highest BCUT2D eigenvalue weighted by atomic mass is 16.6. The fourth-order valence-corrected chi connectivity index (χ4v) is 4.13. The maximum Gasteiger partial charge on any atom is 0.200 e. The quantitative estimate of drug-likeness (QED) is 0.380. The van der Waals surface area contributed by atoms with Crippen molar-refractivity contribution in [2.24, 2.45) is 0 Å². The summed E-state index contributed by atoms with van der Waals surface area (Å²) in [6.07, 6.45) is 2.25. The summed E-state index contributed by atoms with van der Waals surface area (Å²) in [5, 5.41) is 0.540. The summed E-state index contributed by atoms with van der Waals surface area (Å²) in [5.41, 5.74) is 6.17. The molecule has 5 rings (SSSR count). The van der Waals surface area contributed by atoms with Crippen LogP contribution in [0.3, 0.4) is 0 Å². The van der Waals surface area contributed by atoms with Gasteiger partial charge in [0.1, 0.15) is 37.4 Å². The molecule has 4 aromatic rings. The molecule has 0 radical (unpaired) electrons. The molecule has 0 fully saturated rings. The molecule has 1 aliphatic heterocycles. The number of fused-ring (bicyclic) bond motifs is 2. The Hall–Kier alpha value is -3.73. The Balaban J connectivity index is 1.51. The highest BCUT2D eigenvalue weighted by Crippen LogP contribution is 2.35. The summed E-state index contributed by atoms with van der Waals surface area (Å²) in [6, 6.07) is 15.6. The fourth-order valence-electron chi connectivity index (χ4n) is 4.13. The lowest BCUT2D eigenvalue weighted by molar-refractivity contribution is 0.171. The van der Waals surface area contributed by atoms with Crippen LogP contribution in [-0.2, 0) is 13.0 Å². The number of hydrogen-bond donors (Lipinski definition) is 0. The Kier molecular flexibility index (Phi) is 5.55. The Morgan fingerprint density at radius 3 is 2.55 bits per heavy atom. The normalized spacial score (nSPS) is 12.7. The molecule has 0 aliphatic carbocycles. The van der Waals surface area contributed by atoms with E-state index in [4.69, 9.17) is 18.6 Å². The second-order valence-electron chi connectivity index (χ2n) is 8.37. The minimum Gasteiger partial charge on any atom is -0.488 e. The second kappa shape index (κ2) is 8.66. The summed E-state index contributed by atoms with van der Waals surface area (Å²) in [5.74, 6) is 2.07. The van der Waals surface area contributed by atoms with E-state index in [2.05, 4.69) is 39.0 Å². The van der Waals surface area contributed by atoms with Crippen molar-refractivity contribution in [3.8, 4) is 28.4 Å². The van der Waals surface area contributed by atoms with Gasteiger partial charge in [-0.3, -0.25) is 4.79 Å². The molecule has 0 N–H and O–H groups in total. The SMILES string of the molecule is CCc1cc2c(=O)c(-c3ccc4c(c3)OCCO4)coc2cc1OCc1cc(C)ccc1C. The predicted molar refractivity (Wildman–Crippen MR) is 129 cm³/mol. The second-order valence-corrected chi connectivity index (χ2v) is 8.37. The monoisotopic (exact) mass is 442 g/mol. The first kappa shape index (κ1) is 21.1. The molecule has 0 bridgehead atoms. The average molecular weight is 443 g/mol. The summed E-state index contributed by atoms with van der Waals surface area (Å²) < 4.78 is 23.3. The van der Waals surface area contributed by atoms with Crippen LogP contribution >= 0.6 is 0 Å². The van der Waals surface area contributed by atoms with Gasteiger partial charge in [-0.05, 0) is 60.7 Å². The van der Waals surface area contributed by atoms with E-state index in [0.29, 0.717) is 47.9 Å². The van der Waals surface area contributed by atoms with Gasteiger partial charge in [-0.2, -0.15) is 0 Å². The molecule has 2 heterocycles. The molecule has 1 aliphatic rings. The minimum atomic E-state index is -0.0799. The van der Waals surface area contributed by atoms with E-state index in [1.807, 2.05) is 30.3 Å². The van der Waals surface area contributed by atoms with Crippen molar-refractivity contribution in [3.63, 3.8) is 0 Å². The number of benzene rings is 3. The fraction of sp³-hybridized carbons (Fsp3) is 0.250. The molecule has 0 amide bonds. The first-order valence-corrected chi connectivity index (χ1v) is 11.2. The van der Waals surface area contributed by atoms with Crippen LogP contribution in [0.4, 0.5) is 0 Å². The highest BCUT2D eigenvalue weighted by Gasteiger charge is 2.17. The molecule has 0 unspecified atom stereocenters. The van der Waals surface area contributed by atoms with Crippen LogP contribution in [0.25, 0.3) is 22.1 Å². The van der Waals surface area contributed by atoms with Crippen LogP contribution < -0.4 is 19.6 Å². The molecular formula is C28H26O5. The van der Waals surface area contributed by atoms with Crippen molar-refractivity contribution in [3.05, 3.63) is 87.3 Å². The molecular weight excluding hydrogens is 416 g/mol. The van der Waals surface area contributed by atoms with Gasteiger partial charge in [0.25, 0.3) is 0 Å². The molecule has 0 saturated heterocycles. The van der Waals surface area contributed by atoms with Gasteiger partial charge in [0.2, 0.25) is 5.43 Å². The van der Waals surface area contributed by atoms with Crippen LogP contribution in [0, 0.1) is 13.8 Å². The van der Waals surface area contributed by atoms with Crippen molar-refractivity contribution in [1.82, 2.24) is 0 Å². The zero-order valence-electron chi connectivity index (χ0n) is 19.1. The summed E-state index contributed by atoms with van der Waals surface area (Å²) in [4.78, 5) is 13.4. The molecule has 3 aromatic carbocycles. The van der Waals surface area contributed by atoms with Gasteiger partial charge in [0, 0.05) is 6.07 Å². The Morgan fingerprint density at radius 1 is 0.909 bits per heavy atom. The van der Waals surface area contributed by atoms with E-state index < -0.39 is 0 Å². The van der Waals surface area contributed by atoms with Crippen LogP contribution in [-0.4, -0.2) is 13.2 Å². The molecule has 0 atom stereocenters. The smallest absolute Gasteiger partial charge is 0.200 e. The maximum atomic E-state index is 13.4. The summed E-state index contributed by atoms with van der Waals surface area (Å²) >= 11 is 0. The average Bonchev–Trinajstić information content (AvgIpc) is 2.84. The molecule has 5 nitrogen and oxygen atoms in total. The minimum absolute atomic E-state index is 0.0799. The molecule has 168 valence electrons. The number of hydrogen-bond acceptors (Lipinski definition) is 5. The lowest BCUT2D eigenvalue weighted by atomic mass is 10.0. The van der Waals surface area contributed by atoms with Crippen molar-refractivity contribution in [2.45, 2.75) is 33.8 Å². The largest absolute Gasteiger partial charge is 0.488 e. The van der Waals surface area contributed by atoms with E-state index in [1.165, 1.54) is 17.4 Å². The first-order chi connectivity index (χ1) is 16.0. The van der Waals surface area contributed by atoms with Crippen LogP contribution in [0.5, 0.6) is 17.2 Å². The molecule has 33 heavy (non-hydrogen) atoms. The van der Waals surface area contributed by atoms with Crippen molar-refractivity contribution < 1.29 is 18.6 Å². The Labute approximate surface area is 192 Å². The summed E-state index contributed by atoms with van der Waals surface area (Å²) in [6.45, 7) is 7.69. The molecule has 1 aromatic heterocycles. The van der Waals surface area contributed by atoms with Gasteiger partial charge in [-0.15, -0.1) is 0 Å². The highest BCUT2D eigenvalue weighted by molar-refractivity contribution is 5.84.